The van der Waals surface area contributed by atoms with E-state index in [1.54, 1.807) is 0 Å². The maximum Gasteiger partial charge on any atom is 0.235 e. The molecule has 2 aromatic rings. The Morgan fingerprint density at radius 1 is 1.12 bits per heavy atom. The molecule has 2 heterocycles. The molecule has 1 aromatic carbocycles. The molecule has 1 aliphatic heterocycles. The summed E-state index contributed by atoms with van der Waals surface area (Å²) in [5.74, 6) is 1.05. The highest BCUT2D eigenvalue weighted by atomic mass is 32.2. The van der Waals surface area contributed by atoms with E-state index >= 15 is 0 Å². The molecule has 0 spiro atoms. The molecule has 5 nitrogen and oxygen atoms in total. The van der Waals surface area contributed by atoms with Crippen molar-refractivity contribution < 1.29 is 4.79 Å². The van der Waals surface area contributed by atoms with E-state index in [-0.39, 0.29) is 11.2 Å². The summed E-state index contributed by atoms with van der Waals surface area (Å²) in [6.07, 6.45) is 4.68. The van der Waals surface area contributed by atoms with Crippen molar-refractivity contribution in [1.29, 1.82) is 0 Å². The molecule has 1 fully saturated rings. The number of rotatable bonds is 4. The van der Waals surface area contributed by atoms with Gasteiger partial charge in [0.1, 0.15) is 5.82 Å². The zero-order valence-corrected chi connectivity index (χ0v) is 16.1. The van der Waals surface area contributed by atoms with Crippen molar-refractivity contribution in [1.82, 2.24) is 19.7 Å². The van der Waals surface area contributed by atoms with Gasteiger partial charge in [-0.3, -0.25) is 9.36 Å². The van der Waals surface area contributed by atoms with Gasteiger partial charge in [0.2, 0.25) is 5.91 Å². The second-order valence-corrected chi connectivity index (χ2v) is 8.01. The van der Waals surface area contributed by atoms with E-state index in [4.69, 9.17) is 0 Å². The number of hydrogen-bond acceptors (Lipinski definition) is 4. The molecule has 0 bridgehead atoms. The minimum atomic E-state index is -0.162. The highest BCUT2D eigenvalue weighted by molar-refractivity contribution is 8.00. The average molecular weight is 359 g/mol. The molecule has 25 heavy (non-hydrogen) atoms. The van der Waals surface area contributed by atoms with Gasteiger partial charge >= 0.3 is 0 Å². The van der Waals surface area contributed by atoms with Crippen LogP contribution >= 0.6 is 11.8 Å². The van der Waals surface area contributed by atoms with Crippen LogP contribution in [0.4, 0.5) is 0 Å². The van der Waals surface area contributed by atoms with Gasteiger partial charge in [0.15, 0.2) is 5.16 Å². The van der Waals surface area contributed by atoms with Crippen molar-refractivity contribution in [3.05, 3.63) is 35.7 Å². The summed E-state index contributed by atoms with van der Waals surface area (Å²) >= 11 is 1.50. The lowest BCUT2D eigenvalue weighted by Gasteiger charge is -2.23. The molecule has 134 valence electrons. The quantitative estimate of drug-likeness (QED) is 0.781. The maximum absolute atomic E-state index is 12.8. The molecule has 0 saturated carbocycles. The van der Waals surface area contributed by atoms with E-state index in [9.17, 15) is 4.79 Å². The molecule has 1 aliphatic rings. The Labute approximate surface area is 153 Å². The third-order valence-electron chi connectivity index (χ3n) is 4.60. The van der Waals surface area contributed by atoms with E-state index in [0.717, 1.165) is 42.6 Å². The third-order valence-corrected chi connectivity index (χ3v) is 5.63. The van der Waals surface area contributed by atoms with Crippen LogP contribution in [-0.2, 0) is 4.79 Å². The fourth-order valence-corrected chi connectivity index (χ4v) is 4.24. The number of thioether (sulfide) groups is 1. The topological polar surface area (TPSA) is 51.0 Å². The number of hydrogen-bond donors (Lipinski definition) is 0. The lowest BCUT2D eigenvalue weighted by molar-refractivity contribution is -0.130. The van der Waals surface area contributed by atoms with Crippen LogP contribution in [0.1, 0.15) is 44.0 Å². The molecule has 3 rings (SSSR count). The number of aryl methyl sites for hydroxylation is 2. The van der Waals surface area contributed by atoms with Gasteiger partial charge in [-0.2, -0.15) is 0 Å². The zero-order chi connectivity index (χ0) is 17.8. The van der Waals surface area contributed by atoms with Gasteiger partial charge in [-0.1, -0.05) is 36.7 Å². The lowest BCUT2D eigenvalue weighted by Crippen LogP contribution is -2.37. The van der Waals surface area contributed by atoms with Crippen LogP contribution in [0.15, 0.2) is 29.4 Å². The van der Waals surface area contributed by atoms with Crippen LogP contribution in [0.2, 0.25) is 0 Å². The Balaban J connectivity index is 1.77. The summed E-state index contributed by atoms with van der Waals surface area (Å²) in [7, 11) is 0. The number of amides is 1. The van der Waals surface area contributed by atoms with E-state index in [0.29, 0.717) is 0 Å². The van der Waals surface area contributed by atoms with Crippen molar-refractivity contribution >= 4 is 17.7 Å². The first-order valence-electron chi connectivity index (χ1n) is 9.01. The zero-order valence-electron chi connectivity index (χ0n) is 15.2. The van der Waals surface area contributed by atoms with Crippen molar-refractivity contribution in [3.63, 3.8) is 0 Å². The first-order chi connectivity index (χ1) is 12.1. The minimum absolute atomic E-state index is 0.162. The molecule has 1 atom stereocenters. The summed E-state index contributed by atoms with van der Waals surface area (Å²) < 4.78 is 2.03. The minimum Gasteiger partial charge on any atom is -0.342 e. The van der Waals surface area contributed by atoms with E-state index in [2.05, 4.69) is 35.3 Å². The second kappa shape index (κ2) is 8.04. The first-order valence-corrected chi connectivity index (χ1v) is 9.89. The van der Waals surface area contributed by atoms with Crippen molar-refractivity contribution in [2.75, 3.05) is 13.1 Å². The molecule has 0 radical (unpaired) electrons. The van der Waals surface area contributed by atoms with Crippen LogP contribution in [0, 0.1) is 13.8 Å². The number of aromatic nitrogens is 3. The smallest absolute Gasteiger partial charge is 0.235 e. The molecule has 1 saturated heterocycles. The summed E-state index contributed by atoms with van der Waals surface area (Å²) in [5, 5.41) is 9.16. The Morgan fingerprint density at radius 2 is 1.84 bits per heavy atom. The standard InChI is InChI=1S/C19H26N4OS/c1-14-9-8-10-17(13-14)23-16(3)20-21-19(23)25-15(2)18(24)22-11-6-4-5-7-12-22/h8-10,13,15H,4-7,11-12H2,1-3H3/t15-/m0/s1. The average Bonchev–Trinajstić information content (AvgIpc) is 2.80. The highest BCUT2D eigenvalue weighted by Crippen LogP contribution is 2.27. The molecular formula is C19H26N4OS. The highest BCUT2D eigenvalue weighted by Gasteiger charge is 2.24. The Hall–Kier alpha value is -1.82. The summed E-state index contributed by atoms with van der Waals surface area (Å²) in [6.45, 7) is 7.76. The van der Waals surface area contributed by atoms with Crippen molar-refractivity contribution in [2.45, 2.75) is 56.9 Å². The number of likely N-dealkylation sites (tertiary alicyclic amines) is 1. The lowest BCUT2D eigenvalue weighted by atomic mass is 10.2. The van der Waals surface area contributed by atoms with Crippen LogP contribution in [0.3, 0.4) is 0 Å². The number of carbonyl (C=O) groups excluding carboxylic acids is 1. The van der Waals surface area contributed by atoms with Crippen LogP contribution < -0.4 is 0 Å². The van der Waals surface area contributed by atoms with E-state index in [1.807, 2.05) is 29.4 Å². The molecule has 1 aromatic heterocycles. The number of nitrogens with zero attached hydrogens (tertiary/aromatic N) is 4. The molecule has 0 N–H and O–H groups in total. The van der Waals surface area contributed by atoms with Gasteiger partial charge in [0.05, 0.1) is 5.25 Å². The molecule has 0 unspecified atom stereocenters. The van der Waals surface area contributed by atoms with Gasteiger partial charge in [0.25, 0.3) is 0 Å². The van der Waals surface area contributed by atoms with Crippen LogP contribution in [0.25, 0.3) is 5.69 Å². The maximum atomic E-state index is 12.8. The van der Waals surface area contributed by atoms with Gasteiger partial charge < -0.3 is 4.90 Å². The monoisotopic (exact) mass is 358 g/mol. The third kappa shape index (κ3) is 4.24. The van der Waals surface area contributed by atoms with Gasteiger partial charge in [0, 0.05) is 18.8 Å². The molecular weight excluding hydrogens is 332 g/mol. The largest absolute Gasteiger partial charge is 0.342 e. The van der Waals surface area contributed by atoms with Crippen LogP contribution in [0.5, 0.6) is 0 Å². The molecule has 0 aliphatic carbocycles. The van der Waals surface area contributed by atoms with Gasteiger partial charge in [-0.15, -0.1) is 10.2 Å². The predicted molar refractivity (Wildman–Crippen MR) is 101 cm³/mol. The Morgan fingerprint density at radius 3 is 2.52 bits per heavy atom. The van der Waals surface area contributed by atoms with Crippen molar-refractivity contribution in [3.8, 4) is 5.69 Å². The molecule has 6 heteroatoms. The predicted octanol–water partition coefficient (Wildman–Crippen LogP) is 3.77. The summed E-state index contributed by atoms with van der Waals surface area (Å²) in [6, 6.07) is 8.27. The normalized spacial score (nSPS) is 16.5. The number of benzene rings is 1. The fourth-order valence-electron chi connectivity index (χ4n) is 3.24. The Bertz CT molecular complexity index is 735. The SMILES string of the molecule is Cc1cccc(-n2c(C)nnc2S[C@@H](C)C(=O)N2CCCCCC2)c1. The van der Waals surface area contributed by atoms with Crippen molar-refractivity contribution in [2.24, 2.45) is 0 Å². The van der Waals surface area contributed by atoms with E-state index < -0.39 is 0 Å². The van der Waals surface area contributed by atoms with Gasteiger partial charge in [-0.05, 0) is 51.3 Å². The summed E-state index contributed by atoms with van der Waals surface area (Å²) in [4.78, 5) is 14.8. The summed E-state index contributed by atoms with van der Waals surface area (Å²) in [5.41, 5.74) is 2.23. The number of carbonyl (C=O) groups is 1. The molecule has 1 amide bonds. The van der Waals surface area contributed by atoms with Gasteiger partial charge in [-0.25, -0.2) is 0 Å². The van der Waals surface area contributed by atoms with E-state index in [1.165, 1.54) is 30.2 Å². The fraction of sp³-hybridized carbons (Fsp3) is 0.526. The van der Waals surface area contributed by atoms with Crippen LogP contribution in [-0.4, -0.2) is 43.9 Å². The first kappa shape index (κ1) is 18.0. The second-order valence-electron chi connectivity index (χ2n) is 6.70. The Kier molecular flexibility index (Phi) is 5.78.